The quantitative estimate of drug-likeness (QED) is 0.869. The summed E-state index contributed by atoms with van der Waals surface area (Å²) in [7, 11) is -2.22. The molecule has 142 valence electrons. The molecule has 8 heteroatoms. The molecule has 3 rings (SSSR count). The van der Waals surface area contributed by atoms with Gasteiger partial charge in [-0.25, -0.2) is 12.7 Å². The highest BCUT2D eigenvalue weighted by Crippen LogP contribution is 2.36. The Morgan fingerprint density at radius 3 is 2.37 bits per heavy atom. The number of nitrogens with one attached hydrogen (secondary N) is 1. The molecule has 1 aliphatic rings. The smallest absolute Gasteiger partial charge is 0.255 e. The minimum absolute atomic E-state index is 0.160. The number of ether oxygens (including phenoxy) is 1. The number of methoxy groups -OCH3 is 1. The SMILES string of the molecule is COc1ccc(NC(=O)c2cccc(N3C(=O)C(C)(C)CS3(=O)=O)c2)cc1. The van der Waals surface area contributed by atoms with Crippen LogP contribution >= 0.6 is 0 Å². The van der Waals surface area contributed by atoms with E-state index < -0.39 is 27.3 Å². The Bertz CT molecular complexity index is 997. The van der Waals surface area contributed by atoms with Crippen molar-refractivity contribution < 1.29 is 22.7 Å². The number of benzene rings is 2. The summed E-state index contributed by atoms with van der Waals surface area (Å²) in [5, 5.41) is 2.73. The molecule has 0 radical (unpaired) electrons. The standard InChI is InChI=1S/C19H20N2O5S/c1-19(2)12-27(24,25)21(18(19)23)15-6-4-5-13(11-15)17(22)20-14-7-9-16(26-3)10-8-14/h4-11H,12H2,1-3H3,(H,20,22). The van der Waals surface area contributed by atoms with Gasteiger partial charge in [0, 0.05) is 11.3 Å². The maximum Gasteiger partial charge on any atom is 0.255 e. The monoisotopic (exact) mass is 388 g/mol. The molecule has 1 heterocycles. The zero-order chi connectivity index (χ0) is 19.8. The van der Waals surface area contributed by atoms with Gasteiger partial charge in [0.05, 0.1) is 24.0 Å². The van der Waals surface area contributed by atoms with Crippen molar-refractivity contribution in [3.8, 4) is 5.75 Å². The lowest BCUT2D eigenvalue weighted by molar-refractivity contribution is -0.123. The summed E-state index contributed by atoms with van der Waals surface area (Å²) < 4.78 is 30.7. The molecular formula is C19H20N2O5S. The van der Waals surface area contributed by atoms with Crippen molar-refractivity contribution in [3.63, 3.8) is 0 Å². The maximum absolute atomic E-state index is 12.5. The van der Waals surface area contributed by atoms with Crippen molar-refractivity contribution in [2.24, 2.45) is 5.41 Å². The molecule has 0 aliphatic carbocycles. The van der Waals surface area contributed by atoms with Crippen LogP contribution in [0.1, 0.15) is 24.2 Å². The van der Waals surface area contributed by atoms with Crippen LogP contribution in [0.15, 0.2) is 48.5 Å². The van der Waals surface area contributed by atoms with Crippen LogP contribution in [-0.4, -0.2) is 33.1 Å². The second-order valence-electron chi connectivity index (χ2n) is 6.94. The molecule has 0 bridgehead atoms. The van der Waals surface area contributed by atoms with Crippen LogP contribution in [0.25, 0.3) is 0 Å². The van der Waals surface area contributed by atoms with E-state index in [9.17, 15) is 18.0 Å². The summed E-state index contributed by atoms with van der Waals surface area (Å²) in [6.45, 7) is 3.18. The fourth-order valence-electron chi connectivity index (χ4n) is 2.91. The lowest BCUT2D eigenvalue weighted by atomic mass is 9.95. The van der Waals surface area contributed by atoms with Crippen LogP contribution in [-0.2, 0) is 14.8 Å². The predicted molar refractivity (Wildman–Crippen MR) is 102 cm³/mol. The molecule has 1 saturated heterocycles. The van der Waals surface area contributed by atoms with Crippen LogP contribution in [0.5, 0.6) is 5.75 Å². The Labute approximate surface area is 158 Å². The molecule has 1 aliphatic heterocycles. The normalized spacial score (nSPS) is 17.6. The van der Waals surface area contributed by atoms with E-state index in [1.54, 1.807) is 57.4 Å². The minimum Gasteiger partial charge on any atom is -0.497 e. The average molecular weight is 388 g/mol. The number of carbonyl (C=O) groups excluding carboxylic acids is 2. The van der Waals surface area contributed by atoms with Gasteiger partial charge in [-0.05, 0) is 56.3 Å². The Hall–Kier alpha value is -2.87. The van der Waals surface area contributed by atoms with Gasteiger partial charge in [-0.1, -0.05) is 6.07 Å². The summed E-state index contributed by atoms with van der Waals surface area (Å²) in [4.78, 5) is 25.0. The van der Waals surface area contributed by atoms with E-state index in [1.807, 2.05) is 0 Å². The van der Waals surface area contributed by atoms with Crippen LogP contribution in [0.2, 0.25) is 0 Å². The minimum atomic E-state index is -3.77. The van der Waals surface area contributed by atoms with E-state index in [2.05, 4.69) is 5.32 Å². The number of sulfonamides is 1. The summed E-state index contributed by atoms with van der Waals surface area (Å²) in [5.74, 6) is -0.517. The number of carbonyl (C=O) groups is 2. The van der Waals surface area contributed by atoms with Gasteiger partial charge in [0.1, 0.15) is 5.75 Å². The van der Waals surface area contributed by atoms with Gasteiger partial charge in [-0.2, -0.15) is 0 Å². The van der Waals surface area contributed by atoms with Crippen molar-refractivity contribution >= 4 is 33.2 Å². The third-order valence-electron chi connectivity index (χ3n) is 4.28. The van der Waals surface area contributed by atoms with Crippen LogP contribution in [0.3, 0.4) is 0 Å². The van der Waals surface area contributed by atoms with Gasteiger partial charge in [-0.3, -0.25) is 9.59 Å². The summed E-state index contributed by atoms with van der Waals surface area (Å²) in [5.41, 5.74) is -0.0265. The highest BCUT2D eigenvalue weighted by molar-refractivity contribution is 7.94. The Balaban J connectivity index is 1.87. The first kappa shape index (κ1) is 18.9. The first-order chi connectivity index (χ1) is 12.6. The highest BCUT2D eigenvalue weighted by atomic mass is 32.2. The average Bonchev–Trinajstić information content (AvgIpc) is 2.78. The molecule has 27 heavy (non-hydrogen) atoms. The molecular weight excluding hydrogens is 368 g/mol. The van der Waals surface area contributed by atoms with Gasteiger partial charge in [0.15, 0.2) is 0 Å². The molecule has 2 aromatic carbocycles. The zero-order valence-electron chi connectivity index (χ0n) is 15.2. The van der Waals surface area contributed by atoms with Gasteiger partial charge < -0.3 is 10.1 Å². The Morgan fingerprint density at radius 1 is 1.15 bits per heavy atom. The molecule has 2 amide bonds. The van der Waals surface area contributed by atoms with E-state index in [1.165, 1.54) is 12.1 Å². The lowest BCUT2D eigenvalue weighted by Crippen LogP contribution is -2.33. The predicted octanol–water partition coefficient (Wildman–Crippen LogP) is 2.65. The summed E-state index contributed by atoms with van der Waals surface area (Å²) in [6, 6.07) is 12.8. The van der Waals surface area contributed by atoms with Gasteiger partial charge in [-0.15, -0.1) is 0 Å². The van der Waals surface area contributed by atoms with E-state index in [-0.39, 0.29) is 17.0 Å². The maximum atomic E-state index is 12.5. The molecule has 0 spiro atoms. The second-order valence-corrected chi connectivity index (χ2v) is 8.76. The van der Waals surface area contributed by atoms with E-state index >= 15 is 0 Å². The first-order valence-corrected chi connectivity index (χ1v) is 9.88. The van der Waals surface area contributed by atoms with Crippen molar-refractivity contribution in [1.29, 1.82) is 0 Å². The fraction of sp³-hybridized carbons (Fsp3) is 0.263. The van der Waals surface area contributed by atoms with E-state index in [0.717, 1.165) is 4.31 Å². The lowest BCUT2D eigenvalue weighted by Gasteiger charge is -2.18. The number of nitrogens with zero attached hydrogens (tertiary/aromatic N) is 1. The highest BCUT2D eigenvalue weighted by Gasteiger charge is 2.49. The molecule has 2 aromatic rings. The number of hydrogen-bond acceptors (Lipinski definition) is 5. The molecule has 7 nitrogen and oxygen atoms in total. The van der Waals surface area contributed by atoms with E-state index in [4.69, 9.17) is 4.74 Å². The van der Waals surface area contributed by atoms with Crippen LogP contribution < -0.4 is 14.4 Å². The second kappa shape index (κ2) is 6.70. The third kappa shape index (κ3) is 3.66. The zero-order valence-corrected chi connectivity index (χ0v) is 16.0. The summed E-state index contributed by atoms with van der Waals surface area (Å²) in [6.07, 6.45) is 0. The molecule has 1 N–H and O–H groups in total. The topological polar surface area (TPSA) is 92.8 Å². The summed E-state index contributed by atoms with van der Waals surface area (Å²) >= 11 is 0. The Morgan fingerprint density at radius 2 is 1.81 bits per heavy atom. The van der Waals surface area contributed by atoms with Gasteiger partial charge in [0.2, 0.25) is 15.9 Å². The number of hydrogen-bond donors (Lipinski definition) is 1. The number of rotatable bonds is 4. The van der Waals surface area contributed by atoms with Gasteiger partial charge in [0.25, 0.3) is 5.91 Å². The fourth-order valence-corrected chi connectivity index (χ4v) is 5.01. The third-order valence-corrected chi connectivity index (χ3v) is 6.30. The van der Waals surface area contributed by atoms with Gasteiger partial charge >= 0.3 is 0 Å². The number of amides is 2. The van der Waals surface area contributed by atoms with Crippen molar-refractivity contribution in [3.05, 3.63) is 54.1 Å². The van der Waals surface area contributed by atoms with E-state index in [0.29, 0.717) is 11.4 Å². The van der Waals surface area contributed by atoms with Crippen molar-refractivity contribution in [1.82, 2.24) is 0 Å². The molecule has 1 fully saturated rings. The molecule has 0 unspecified atom stereocenters. The molecule has 0 atom stereocenters. The van der Waals surface area contributed by atoms with Crippen molar-refractivity contribution in [2.75, 3.05) is 22.5 Å². The molecule has 0 saturated carbocycles. The first-order valence-electron chi connectivity index (χ1n) is 8.27. The van der Waals surface area contributed by atoms with Crippen molar-refractivity contribution in [2.45, 2.75) is 13.8 Å². The van der Waals surface area contributed by atoms with Crippen LogP contribution in [0, 0.1) is 5.41 Å². The molecule has 0 aromatic heterocycles. The Kier molecular flexibility index (Phi) is 4.69. The largest absolute Gasteiger partial charge is 0.497 e. The van der Waals surface area contributed by atoms with Crippen LogP contribution in [0.4, 0.5) is 11.4 Å². The number of anilines is 2.